The maximum atomic E-state index is 13.1. The second-order valence-electron chi connectivity index (χ2n) is 7.72. The van der Waals surface area contributed by atoms with E-state index in [9.17, 15) is 9.59 Å². The molecule has 0 saturated carbocycles. The molecule has 0 aromatic heterocycles. The molecule has 1 amide bonds. The van der Waals surface area contributed by atoms with Gasteiger partial charge in [-0.1, -0.05) is 0 Å². The first kappa shape index (κ1) is 22.2. The Bertz CT molecular complexity index is 745. The van der Waals surface area contributed by atoms with Gasteiger partial charge in [-0.25, -0.2) is 0 Å². The number of methoxy groups -OCH3 is 3. The molecule has 9 heteroatoms. The molecule has 3 rings (SSSR count). The molecule has 0 radical (unpaired) electrons. The van der Waals surface area contributed by atoms with Gasteiger partial charge in [0.25, 0.3) is 0 Å². The molecule has 2 heterocycles. The molecule has 2 aliphatic heterocycles. The van der Waals surface area contributed by atoms with Gasteiger partial charge in [0.2, 0.25) is 11.7 Å². The quantitative estimate of drug-likeness (QED) is 0.660. The van der Waals surface area contributed by atoms with Gasteiger partial charge in [-0.05, 0) is 24.1 Å². The van der Waals surface area contributed by atoms with Crippen LogP contribution in [0.5, 0.6) is 17.2 Å². The van der Waals surface area contributed by atoms with E-state index in [1.54, 1.807) is 21.3 Å². The fraction of sp³-hybridized carbons (Fsp3) is 0.619. The molecule has 0 aliphatic carbocycles. The SMILES string of the molecule is COc1cc(CCC(=O)N2C[C@H]3COC[C@@H]2CN(CC(=O)O)C3)cc(OC)c1OC. The highest BCUT2D eigenvalue weighted by molar-refractivity contribution is 5.77. The average molecular weight is 422 g/mol. The van der Waals surface area contributed by atoms with E-state index in [0.29, 0.717) is 62.9 Å². The first-order chi connectivity index (χ1) is 14.4. The van der Waals surface area contributed by atoms with Crippen LogP contribution in [0.2, 0.25) is 0 Å². The first-order valence-corrected chi connectivity index (χ1v) is 10.0. The van der Waals surface area contributed by atoms with Gasteiger partial charge in [-0.15, -0.1) is 0 Å². The maximum absolute atomic E-state index is 13.1. The van der Waals surface area contributed by atoms with Crippen molar-refractivity contribution in [3.8, 4) is 17.2 Å². The number of benzene rings is 1. The number of hydrogen-bond donors (Lipinski definition) is 1. The van der Waals surface area contributed by atoms with Crippen LogP contribution in [-0.4, -0.2) is 93.5 Å². The van der Waals surface area contributed by atoms with Crippen molar-refractivity contribution in [3.63, 3.8) is 0 Å². The highest BCUT2D eigenvalue weighted by atomic mass is 16.5. The Balaban J connectivity index is 1.69. The third-order valence-corrected chi connectivity index (χ3v) is 5.58. The number of fused-ring (bicyclic) bond motifs is 3. The van der Waals surface area contributed by atoms with Crippen LogP contribution in [0.25, 0.3) is 0 Å². The molecule has 1 aromatic rings. The Morgan fingerprint density at radius 2 is 1.77 bits per heavy atom. The van der Waals surface area contributed by atoms with Crippen LogP contribution < -0.4 is 14.2 Å². The summed E-state index contributed by atoms with van der Waals surface area (Å²) < 4.78 is 21.9. The first-order valence-electron chi connectivity index (χ1n) is 10.0. The minimum atomic E-state index is -0.851. The largest absolute Gasteiger partial charge is 0.493 e. The van der Waals surface area contributed by atoms with Crippen molar-refractivity contribution in [3.05, 3.63) is 17.7 Å². The molecule has 30 heavy (non-hydrogen) atoms. The lowest BCUT2D eigenvalue weighted by Crippen LogP contribution is -2.47. The second kappa shape index (κ2) is 9.99. The van der Waals surface area contributed by atoms with Crippen molar-refractivity contribution < 1.29 is 33.6 Å². The average Bonchev–Trinajstić information content (AvgIpc) is 3.01. The lowest BCUT2D eigenvalue weighted by Gasteiger charge is -2.30. The van der Waals surface area contributed by atoms with Crippen molar-refractivity contribution in [1.82, 2.24) is 9.80 Å². The number of aliphatic carboxylic acids is 1. The standard InChI is InChI=1S/C21H30N2O7/c1-27-17-6-14(7-18(28-2)21(17)29-3)4-5-19(24)23-9-15-8-22(11-20(25)26)10-16(23)13-30-12-15/h6-7,15-16H,4-5,8-13H2,1-3H3,(H,25,26)/t15-,16-/m0/s1. The zero-order valence-corrected chi connectivity index (χ0v) is 17.8. The highest BCUT2D eigenvalue weighted by Gasteiger charge is 2.36. The maximum Gasteiger partial charge on any atom is 0.317 e. The fourth-order valence-electron chi connectivity index (χ4n) is 4.24. The van der Waals surface area contributed by atoms with E-state index in [0.717, 1.165) is 5.56 Å². The molecule has 0 unspecified atom stereocenters. The van der Waals surface area contributed by atoms with Gasteiger partial charge in [0.1, 0.15) is 0 Å². The zero-order valence-electron chi connectivity index (χ0n) is 17.8. The Morgan fingerprint density at radius 3 is 2.37 bits per heavy atom. The Kier molecular flexibility index (Phi) is 7.38. The van der Waals surface area contributed by atoms with Gasteiger partial charge in [-0.3, -0.25) is 14.5 Å². The number of rotatable bonds is 8. The lowest BCUT2D eigenvalue weighted by atomic mass is 10.1. The summed E-state index contributed by atoms with van der Waals surface area (Å²) in [4.78, 5) is 28.0. The number of aryl methyl sites for hydroxylation is 1. The van der Waals surface area contributed by atoms with Crippen LogP contribution in [0.15, 0.2) is 12.1 Å². The number of nitrogens with zero attached hydrogens (tertiary/aromatic N) is 2. The van der Waals surface area contributed by atoms with Crippen LogP contribution >= 0.6 is 0 Å². The molecule has 2 bridgehead atoms. The van der Waals surface area contributed by atoms with Crippen LogP contribution in [0.3, 0.4) is 0 Å². The Hall–Kier alpha value is -2.52. The summed E-state index contributed by atoms with van der Waals surface area (Å²) in [6, 6.07) is 3.57. The van der Waals surface area contributed by atoms with Gasteiger partial charge in [0.15, 0.2) is 11.5 Å². The molecule has 2 saturated heterocycles. The Labute approximate surface area is 176 Å². The predicted molar refractivity (Wildman–Crippen MR) is 108 cm³/mol. The highest BCUT2D eigenvalue weighted by Crippen LogP contribution is 2.38. The van der Waals surface area contributed by atoms with Crippen molar-refractivity contribution in [2.45, 2.75) is 18.9 Å². The van der Waals surface area contributed by atoms with Crippen LogP contribution in [-0.2, 0) is 20.7 Å². The van der Waals surface area contributed by atoms with Crippen molar-refractivity contribution in [2.24, 2.45) is 5.92 Å². The third-order valence-electron chi connectivity index (χ3n) is 5.58. The molecule has 9 nitrogen and oxygen atoms in total. The predicted octanol–water partition coefficient (Wildman–Crippen LogP) is 0.889. The summed E-state index contributed by atoms with van der Waals surface area (Å²) in [5.74, 6) is 0.942. The minimum Gasteiger partial charge on any atom is -0.493 e. The Morgan fingerprint density at radius 1 is 1.07 bits per heavy atom. The molecule has 2 atom stereocenters. The number of amides is 1. The number of ether oxygens (including phenoxy) is 4. The molecule has 2 fully saturated rings. The lowest BCUT2D eigenvalue weighted by molar-refractivity contribution is -0.138. The second-order valence-corrected chi connectivity index (χ2v) is 7.72. The number of hydrogen-bond acceptors (Lipinski definition) is 7. The summed E-state index contributed by atoms with van der Waals surface area (Å²) >= 11 is 0. The molecule has 1 aromatic carbocycles. The van der Waals surface area contributed by atoms with E-state index >= 15 is 0 Å². The molecule has 0 spiro atoms. The van der Waals surface area contributed by atoms with Crippen molar-refractivity contribution in [2.75, 3.05) is 60.7 Å². The van der Waals surface area contributed by atoms with E-state index in [2.05, 4.69) is 0 Å². The van der Waals surface area contributed by atoms with E-state index < -0.39 is 5.97 Å². The van der Waals surface area contributed by atoms with E-state index in [1.165, 1.54) is 0 Å². The summed E-state index contributed by atoms with van der Waals surface area (Å²) in [6.45, 7) is 2.69. The number of carbonyl (C=O) groups excluding carboxylic acids is 1. The van der Waals surface area contributed by atoms with Crippen LogP contribution in [0, 0.1) is 5.92 Å². The fourth-order valence-corrected chi connectivity index (χ4v) is 4.24. The van der Waals surface area contributed by atoms with Crippen molar-refractivity contribution in [1.29, 1.82) is 0 Å². The van der Waals surface area contributed by atoms with Gasteiger partial charge in [-0.2, -0.15) is 0 Å². The monoisotopic (exact) mass is 422 g/mol. The summed E-state index contributed by atoms with van der Waals surface area (Å²) in [5.41, 5.74) is 0.916. The summed E-state index contributed by atoms with van der Waals surface area (Å²) in [6.07, 6.45) is 0.865. The minimum absolute atomic E-state index is 0.0134. The molecule has 166 valence electrons. The zero-order chi connectivity index (χ0) is 21.7. The van der Waals surface area contributed by atoms with E-state index in [1.807, 2.05) is 21.9 Å². The number of carboxylic acid groups (broad SMARTS) is 1. The van der Waals surface area contributed by atoms with Crippen LogP contribution in [0.1, 0.15) is 12.0 Å². The topological polar surface area (TPSA) is 97.8 Å². The number of carbonyl (C=O) groups is 2. The van der Waals surface area contributed by atoms with E-state index in [-0.39, 0.29) is 24.4 Å². The number of carboxylic acids is 1. The smallest absolute Gasteiger partial charge is 0.317 e. The van der Waals surface area contributed by atoms with Crippen LogP contribution in [0.4, 0.5) is 0 Å². The van der Waals surface area contributed by atoms with Gasteiger partial charge in [0, 0.05) is 32.0 Å². The van der Waals surface area contributed by atoms with Gasteiger partial charge >= 0.3 is 5.97 Å². The van der Waals surface area contributed by atoms with Crippen molar-refractivity contribution >= 4 is 11.9 Å². The summed E-state index contributed by atoms with van der Waals surface area (Å²) in [5, 5.41) is 9.15. The normalized spacial score (nSPS) is 21.6. The molecular weight excluding hydrogens is 392 g/mol. The van der Waals surface area contributed by atoms with E-state index in [4.69, 9.17) is 24.1 Å². The molecular formula is C21H30N2O7. The summed E-state index contributed by atoms with van der Waals surface area (Å²) in [7, 11) is 4.68. The molecule has 1 N–H and O–H groups in total. The van der Waals surface area contributed by atoms with Gasteiger partial charge < -0.3 is 29.0 Å². The van der Waals surface area contributed by atoms with Gasteiger partial charge in [0.05, 0.1) is 47.1 Å². The molecule has 2 aliphatic rings. The third kappa shape index (κ3) is 5.14.